The van der Waals surface area contributed by atoms with Crippen LogP contribution in [0, 0.1) is 0 Å². The first kappa shape index (κ1) is 27.5. The van der Waals surface area contributed by atoms with E-state index in [1.54, 1.807) is 18.2 Å². The Morgan fingerprint density at radius 1 is 0.698 bits per heavy atom. The van der Waals surface area contributed by atoms with E-state index in [-0.39, 0.29) is 5.95 Å². The Hall–Kier alpha value is -5.64. The average Bonchev–Trinajstić information content (AvgIpc) is 3.00. The van der Waals surface area contributed by atoms with Gasteiger partial charge in [0.05, 0.1) is 22.5 Å². The maximum atomic E-state index is 12.9. The minimum atomic E-state index is -4.41. The third-order valence-corrected chi connectivity index (χ3v) is 6.76. The summed E-state index contributed by atoms with van der Waals surface area (Å²) in [7, 11) is 0. The van der Waals surface area contributed by atoms with E-state index < -0.39 is 11.7 Å². The number of nitrogens with one attached hydrogen (secondary N) is 1. The lowest BCUT2D eigenvalue weighted by Crippen LogP contribution is -2.04. The number of alkyl halides is 3. The first-order valence-electron chi connectivity index (χ1n) is 13.3. The zero-order valence-corrected chi connectivity index (χ0v) is 22.6. The van der Waals surface area contributed by atoms with Gasteiger partial charge in [0.2, 0.25) is 5.95 Å². The third-order valence-electron chi connectivity index (χ3n) is 6.76. The Balaban J connectivity index is 1.20. The number of hydrogen-bond donors (Lipinski definition) is 3. The quantitative estimate of drug-likeness (QED) is 0.177. The molecular weight excluding hydrogens is 553 g/mol. The summed E-state index contributed by atoms with van der Waals surface area (Å²) in [6.45, 7) is 0.439. The van der Waals surface area contributed by atoms with Crippen molar-refractivity contribution in [3.05, 3.63) is 120 Å². The van der Waals surface area contributed by atoms with Gasteiger partial charge in [-0.05, 0) is 54.1 Å². The highest BCUT2D eigenvalue weighted by Gasteiger charge is 2.30. The predicted octanol–water partition coefficient (Wildman–Crippen LogP) is 7.86. The zero-order chi connectivity index (χ0) is 30.0. The summed E-state index contributed by atoms with van der Waals surface area (Å²) in [5, 5.41) is 3.93. The van der Waals surface area contributed by atoms with E-state index in [2.05, 4.69) is 20.3 Å². The molecule has 6 aromatic rings. The molecule has 0 amide bonds. The van der Waals surface area contributed by atoms with Crippen molar-refractivity contribution < 1.29 is 17.9 Å². The van der Waals surface area contributed by atoms with Gasteiger partial charge in [0.15, 0.2) is 0 Å². The van der Waals surface area contributed by atoms with Crippen LogP contribution in [0.15, 0.2) is 109 Å². The molecule has 0 fully saturated rings. The van der Waals surface area contributed by atoms with Crippen LogP contribution in [0.3, 0.4) is 0 Å². The van der Waals surface area contributed by atoms with Gasteiger partial charge >= 0.3 is 6.18 Å². The van der Waals surface area contributed by atoms with Crippen molar-refractivity contribution in [3.8, 4) is 28.3 Å². The Morgan fingerprint density at radius 3 is 2.07 bits per heavy atom. The van der Waals surface area contributed by atoms with Crippen LogP contribution >= 0.6 is 0 Å². The van der Waals surface area contributed by atoms with Crippen molar-refractivity contribution in [2.45, 2.75) is 12.8 Å². The second kappa shape index (κ2) is 11.3. The summed E-state index contributed by atoms with van der Waals surface area (Å²) in [5.41, 5.74) is 16.9. The largest absolute Gasteiger partial charge is 0.489 e. The summed E-state index contributed by atoms with van der Waals surface area (Å²) in [6, 6.07) is 31.1. The summed E-state index contributed by atoms with van der Waals surface area (Å²) in [6.07, 6.45) is -4.41. The molecule has 0 unspecified atom stereocenters. The predicted molar refractivity (Wildman–Crippen MR) is 163 cm³/mol. The molecule has 5 N–H and O–H groups in total. The van der Waals surface area contributed by atoms with Gasteiger partial charge in [0, 0.05) is 34.0 Å². The smallest absolute Gasteiger partial charge is 0.416 e. The molecule has 2 aromatic heterocycles. The number of nitrogens with two attached hydrogens (primary N) is 2. The van der Waals surface area contributed by atoms with E-state index in [1.807, 2.05) is 66.7 Å². The van der Waals surface area contributed by atoms with Crippen molar-refractivity contribution in [1.29, 1.82) is 0 Å². The van der Waals surface area contributed by atoms with Gasteiger partial charge in [-0.3, -0.25) is 0 Å². The van der Waals surface area contributed by atoms with E-state index in [9.17, 15) is 13.2 Å². The molecule has 43 heavy (non-hydrogen) atoms. The molecule has 0 aliphatic carbocycles. The number of aromatic nitrogens is 3. The van der Waals surface area contributed by atoms with Crippen LogP contribution in [0.5, 0.6) is 5.75 Å². The molecule has 0 aliphatic rings. The van der Waals surface area contributed by atoms with Gasteiger partial charge in [0.25, 0.3) is 0 Å². The Bertz CT molecular complexity index is 1890. The summed E-state index contributed by atoms with van der Waals surface area (Å²) in [5.74, 6) is 1.41. The fourth-order valence-electron chi connectivity index (χ4n) is 4.59. The Kier molecular flexibility index (Phi) is 7.25. The number of para-hydroxylation sites is 1. The Labute approximate surface area is 245 Å². The normalized spacial score (nSPS) is 11.4. The SMILES string of the molecule is Nc1nc(Nc2ccc3nc(-c4ccc(C(F)(F)F)cc4)cc(N)c3c2)cc(-c2ccc(COc3ccccc3)cc2)n1. The minimum absolute atomic E-state index is 0.111. The lowest BCUT2D eigenvalue weighted by molar-refractivity contribution is -0.137. The molecular formula is C33H25F3N6O. The topological polar surface area (TPSA) is 112 Å². The highest BCUT2D eigenvalue weighted by molar-refractivity contribution is 5.95. The number of anilines is 4. The number of hydrogen-bond acceptors (Lipinski definition) is 7. The summed E-state index contributed by atoms with van der Waals surface area (Å²) >= 11 is 0. The van der Waals surface area contributed by atoms with Crippen LogP contribution in [0.1, 0.15) is 11.1 Å². The molecule has 0 bridgehead atoms. The lowest BCUT2D eigenvalue weighted by atomic mass is 10.1. The lowest BCUT2D eigenvalue weighted by Gasteiger charge is -2.12. The number of pyridine rings is 1. The molecule has 4 aromatic carbocycles. The standard InChI is InChI=1S/C33H25F3N6O/c34-33(35,36)23-12-10-22(11-13-23)29-17-27(37)26-16-24(14-15-28(26)40-29)39-31-18-30(41-32(38)42-31)21-8-6-20(7-9-21)19-43-25-4-2-1-3-5-25/h1-18H,19H2,(H2,37,40)(H3,38,39,41,42). The van der Waals surface area contributed by atoms with Crippen molar-refractivity contribution in [3.63, 3.8) is 0 Å². The van der Waals surface area contributed by atoms with Crippen LogP contribution in [0.4, 0.5) is 36.3 Å². The molecule has 0 spiro atoms. The van der Waals surface area contributed by atoms with Crippen molar-refractivity contribution in [2.75, 3.05) is 16.8 Å². The van der Waals surface area contributed by atoms with Gasteiger partial charge in [-0.1, -0.05) is 54.6 Å². The van der Waals surface area contributed by atoms with E-state index in [0.29, 0.717) is 51.7 Å². The molecule has 0 saturated carbocycles. The maximum absolute atomic E-state index is 12.9. The van der Waals surface area contributed by atoms with Gasteiger partial charge in [0.1, 0.15) is 18.2 Å². The highest BCUT2D eigenvalue weighted by Crippen LogP contribution is 2.33. The number of nitrogen functional groups attached to an aromatic ring is 2. The van der Waals surface area contributed by atoms with Crippen LogP contribution < -0.4 is 21.5 Å². The number of ether oxygens (including phenoxy) is 1. The van der Waals surface area contributed by atoms with Crippen molar-refractivity contribution in [2.24, 2.45) is 0 Å². The molecule has 7 nitrogen and oxygen atoms in total. The fraction of sp³-hybridized carbons (Fsp3) is 0.0606. The maximum Gasteiger partial charge on any atom is 0.416 e. The number of fused-ring (bicyclic) bond motifs is 1. The first-order valence-corrected chi connectivity index (χ1v) is 13.3. The van der Waals surface area contributed by atoms with E-state index >= 15 is 0 Å². The molecule has 0 atom stereocenters. The van der Waals surface area contributed by atoms with Crippen LogP contribution in [0.2, 0.25) is 0 Å². The number of benzene rings is 4. The molecule has 214 valence electrons. The molecule has 2 heterocycles. The van der Waals surface area contributed by atoms with Gasteiger partial charge in [-0.2, -0.15) is 18.2 Å². The zero-order valence-electron chi connectivity index (χ0n) is 22.6. The van der Waals surface area contributed by atoms with Gasteiger partial charge in [-0.15, -0.1) is 0 Å². The monoisotopic (exact) mass is 578 g/mol. The van der Waals surface area contributed by atoms with Gasteiger partial charge in [-0.25, -0.2) is 9.97 Å². The highest BCUT2D eigenvalue weighted by atomic mass is 19.4. The minimum Gasteiger partial charge on any atom is -0.489 e. The van der Waals surface area contributed by atoms with Crippen LogP contribution in [0.25, 0.3) is 33.4 Å². The van der Waals surface area contributed by atoms with Gasteiger partial charge < -0.3 is 21.5 Å². The number of halogens is 3. The van der Waals surface area contributed by atoms with E-state index in [0.717, 1.165) is 29.0 Å². The average molecular weight is 579 g/mol. The molecule has 0 radical (unpaired) electrons. The second-order valence-electron chi connectivity index (χ2n) is 9.82. The van der Waals surface area contributed by atoms with Crippen molar-refractivity contribution in [1.82, 2.24) is 15.0 Å². The van der Waals surface area contributed by atoms with Crippen LogP contribution in [-0.2, 0) is 12.8 Å². The van der Waals surface area contributed by atoms with Crippen molar-refractivity contribution >= 4 is 34.0 Å². The van der Waals surface area contributed by atoms with E-state index in [4.69, 9.17) is 16.2 Å². The summed E-state index contributed by atoms with van der Waals surface area (Å²) < 4.78 is 44.7. The molecule has 10 heteroatoms. The molecule has 0 aliphatic heterocycles. The molecule has 6 rings (SSSR count). The summed E-state index contributed by atoms with van der Waals surface area (Å²) in [4.78, 5) is 13.3. The first-order chi connectivity index (χ1) is 20.7. The Morgan fingerprint density at radius 2 is 1.37 bits per heavy atom. The van der Waals surface area contributed by atoms with E-state index in [1.165, 1.54) is 12.1 Å². The number of rotatable bonds is 7. The van der Waals surface area contributed by atoms with Crippen LogP contribution in [-0.4, -0.2) is 15.0 Å². The molecule has 0 saturated heterocycles. The third kappa shape index (κ3) is 6.33. The number of nitrogens with zero attached hydrogens (tertiary/aromatic N) is 3. The fourth-order valence-corrected chi connectivity index (χ4v) is 4.59. The second-order valence-corrected chi connectivity index (χ2v) is 9.82.